The SMILES string of the molecule is CCCCC(CC)CC(=O)c1ccc(OC)c(C)c1. The topological polar surface area (TPSA) is 26.3 Å². The van der Waals surface area contributed by atoms with Gasteiger partial charge in [0.05, 0.1) is 7.11 Å². The number of unbranched alkanes of at least 4 members (excludes halogenated alkanes) is 1. The molecule has 0 bridgehead atoms. The maximum absolute atomic E-state index is 12.3. The van der Waals surface area contributed by atoms with Gasteiger partial charge in [0.1, 0.15) is 5.75 Å². The number of carbonyl (C=O) groups is 1. The third-order valence-corrected chi connectivity index (χ3v) is 3.73. The Morgan fingerprint density at radius 1 is 1.32 bits per heavy atom. The fourth-order valence-corrected chi connectivity index (χ4v) is 2.38. The van der Waals surface area contributed by atoms with Gasteiger partial charge in [0.15, 0.2) is 5.78 Å². The fraction of sp³-hybridized carbons (Fsp3) is 0.588. The average Bonchev–Trinajstić information content (AvgIpc) is 2.43. The molecule has 0 radical (unpaired) electrons. The molecule has 0 saturated heterocycles. The number of ether oxygens (including phenoxy) is 1. The van der Waals surface area contributed by atoms with Gasteiger partial charge < -0.3 is 4.74 Å². The molecule has 1 aromatic carbocycles. The monoisotopic (exact) mass is 262 g/mol. The van der Waals surface area contributed by atoms with Crippen molar-refractivity contribution in [3.63, 3.8) is 0 Å². The molecule has 0 aliphatic carbocycles. The van der Waals surface area contributed by atoms with Crippen molar-refractivity contribution in [2.24, 2.45) is 5.92 Å². The first-order chi connectivity index (χ1) is 9.12. The minimum atomic E-state index is 0.258. The number of hydrogen-bond donors (Lipinski definition) is 0. The lowest BCUT2D eigenvalue weighted by atomic mass is 9.91. The number of ketones is 1. The van der Waals surface area contributed by atoms with E-state index in [2.05, 4.69) is 13.8 Å². The summed E-state index contributed by atoms with van der Waals surface area (Å²) in [6.07, 6.45) is 5.33. The van der Waals surface area contributed by atoms with E-state index >= 15 is 0 Å². The van der Waals surface area contributed by atoms with Gasteiger partial charge in [-0.05, 0) is 36.6 Å². The average molecular weight is 262 g/mol. The summed E-state index contributed by atoms with van der Waals surface area (Å²) < 4.78 is 5.22. The predicted octanol–water partition coefficient (Wildman–Crippen LogP) is 4.79. The van der Waals surface area contributed by atoms with Crippen LogP contribution in [0.2, 0.25) is 0 Å². The molecule has 0 amide bonds. The van der Waals surface area contributed by atoms with E-state index in [1.165, 1.54) is 12.8 Å². The Labute approximate surface area is 117 Å². The summed E-state index contributed by atoms with van der Waals surface area (Å²) in [5.74, 6) is 1.62. The number of Topliss-reactive ketones (excluding diaryl/α,β-unsaturated/α-hetero) is 1. The Hall–Kier alpha value is -1.31. The largest absolute Gasteiger partial charge is 0.496 e. The van der Waals surface area contributed by atoms with Crippen molar-refractivity contribution in [2.75, 3.05) is 7.11 Å². The lowest BCUT2D eigenvalue weighted by molar-refractivity contribution is 0.0957. The van der Waals surface area contributed by atoms with E-state index in [1.807, 2.05) is 25.1 Å². The molecule has 1 unspecified atom stereocenters. The standard InChI is InChI=1S/C17H26O2/c1-5-7-8-14(6-2)12-16(18)15-9-10-17(19-4)13(3)11-15/h9-11,14H,5-8,12H2,1-4H3. The molecule has 0 saturated carbocycles. The second kappa shape index (κ2) is 7.98. The number of hydrogen-bond acceptors (Lipinski definition) is 2. The summed E-state index contributed by atoms with van der Waals surface area (Å²) in [5, 5.41) is 0. The van der Waals surface area contributed by atoms with Crippen molar-refractivity contribution in [1.82, 2.24) is 0 Å². The Kier molecular flexibility index (Phi) is 6.61. The smallest absolute Gasteiger partial charge is 0.163 e. The molecule has 1 atom stereocenters. The summed E-state index contributed by atoms with van der Waals surface area (Å²) in [6, 6.07) is 5.70. The van der Waals surface area contributed by atoms with Crippen LogP contribution in [0.15, 0.2) is 18.2 Å². The maximum atomic E-state index is 12.3. The molecular formula is C17H26O2. The summed E-state index contributed by atoms with van der Waals surface area (Å²) in [4.78, 5) is 12.3. The molecule has 0 aromatic heterocycles. The molecule has 19 heavy (non-hydrogen) atoms. The van der Waals surface area contributed by atoms with Crippen LogP contribution in [0, 0.1) is 12.8 Å². The lowest BCUT2D eigenvalue weighted by Crippen LogP contribution is -2.08. The highest BCUT2D eigenvalue weighted by molar-refractivity contribution is 5.96. The minimum Gasteiger partial charge on any atom is -0.496 e. The molecular weight excluding hydrogens is 236 g/mol. The first-order valence-electron chi connectivity index (χ1n) is 7.30. The van der Waals surface area contributed by atoms with Crippen LogP contribution in [0.25, 0.3) is 0 Å². The van der Waals surface area contributed by atoms with Crippen LogP contribution < -0.4 is 4.74 Å². The summed E-state index contributed by atoms with van der Waals surface area (Å²) in [5.41, 5.74) is 1.84. The number of methoxy groups -OCH3 is 1. The van der Waals surface area contributed by atoms with Crippen molar-refractivity contribution in [1.29, 1.82) is 0 Å². The first kappa shape index (κ1) is 15.7. The van der Waals surface area contributed by atoms with Crippen LogP contribution >= 0.6 is 0 Å². The van der Waals surface area contributed by atoms with Crippen molar-refractivity contribution in [3.05, 3.63) is 29.3 Å². The van der Waals surface area contributed by atoms with E-state index in [-0.39, 0.29) is 5.78 Å². The predicted molar refractivity (Wildman–Crippen MR) is 80.0 cm³/mol. The Balaban J connectivity index is 2.69. The van der Waals surface area contributed by atoms with Crippen LogP contribution in [0.5, 0.6) is 5.75 Å². The van der Waals surface area contributed by atoms with Crippen LogP contribution in [0.3, 0.4) is 0 Å². The molecule has 0 aliphatic heterocycles. The quantitative estimate of drug-likeness (QED) is 0.629. The van der Waals surface area contributed by atoms with Crippen LogP contribution in [0.1, 0.15) is 61.9 Å². The molecule has 1 rings (SSSR count). The van der Waals surface area contributed by atoms with E-state index in [0.717, 1.165) is 29.7 Å². The van der Waals surface area contributed by atoms with Gasteiger partial charge in [0.2, 0.25) is 0 Å². The molecule has 0 N–H and O–H groups in total. The van der Waals surface area contributed by atoms with Crippen molar-refractivity contribution >= 4 is 5.78 Å². The normalized spacial score (nSPS) is 12.2. The van der Waals surface area contributed by atoms with E-state index < -0.39 is 0 Å². The Bertz CT molecular complexity index is 410. The third-order valence-electron chi connectivity index (χ3n) is 3.73. The summed E-state index contributed by atoms with van der Waals surface area (Å²) >= 11 is 0. The number of rotatable bonds is 8. The molecule has 106 valence electrons. The molecule has 0 heterocycles. The lowest BCUT2D eigenvalue weighted by Gasteiger charge is -2.14. The zero-order valence-electron chi connectivity index (χ0n) is 12.7. The number of aryl methyl sites for hydroxylation is 1. The minimum absolute atomic E-state index is 0.258. The van der Waals surface area contributed by atoms with E-state index in [0.29, 0.717) is 12.3 Å². The second-order valence-electron chi connectivity index (χ2n) is 5.23. The Morgan fingerprint density at radius 2 is 2.05 bits per heavy atom. The molecule has 0 aliphatic rings. The van der Waals surface area contributed by atoms with Gasteiger partial charge in [-0.2, -0.15) is 0 Å². The van der Waals surface area contributed by atoms with E-state index in [1.54, 1.807) is 7.11 Å². The zero-order chi connectivity index (χ0) is 14.3. The van der Waals surface area contributed by atoms with Gasteiger partial charge in [-0.1, -0.05) is 39.5 Å². The van der Waals surface area contributed by atoms with Gasteiger partial charge in [-0.15, -0.1) is 0 Å². The van der Waals surface area contributed by atoms with E-state index in [4.69, 9.17) is 4.74 Å². The van der Waals surface area contributed by atoms with Gasteiger partial charge in [-0.3, -0.25) is 4.79 Å². The summed E-state index contributed by atoms with van der Waals surface area (Å²) in [6.45, 7) is 6.35. The Morgan fingerprint density at radius 3 is 2.58 bits per heavy atom. The third kappa shape index (κ3) is 4.70. The van der Waals surface area contributed by atoms with Crippen LogP contribution in [0.4, 0.5) is 0 Å². The molecule has 2 nitrogen and oxygen atoms in total. The van der Waals surface area contributed by atoms with Gasteiger partial charge in [-0.25, -0.2) is 0 Å². The second-order valence-corrected chi connectivity index (χ2v) is 5.23. The van der Waals surface area contributed by atoms with Gasteiger partial charge in [0, 0.05) is 12.0 Å². The summed E-state index contributed by atoms with van der Waals surface area (Å²) in [7, 11) is 1.65. The zero-order valence-corrected chi connectivity index (χ0v) is 12.7. The number of carbonyl (C=O) groups excluding carboxylic acids is 1. The maximum Gasteiger partial charge on any atom is 0.163 e. The highest BCUT2D eigenvalue weighted by atomic mass is 16.5. The number of benzene rings is 1. The van der Waals surface area contributed by atoms with Gasteiger partial charge in [0.25, 0.3) is 0 Å². The van der Waals surface area contributed by atoms with Crippen LogP contribution in [-0.4, -0.2) is 12.9 Å². The molecule has 1 aromatic rings. The van der Waals surface area contributed by atoms with Crippen molar-refractivity contribution in [2.45, 2.75) is 52.9 Å². The van der Waals surface area contributed by atoms with E-state index in [9.17, 15) is 4.79 Å². The van der Waals surface area contributed by atoms with Crippen molar-refractivity contribution in [3.8, 4) is 5.75 Å². The van der Waals surface area contributed by atoms with Crippen LogP contribution in [-0.2, 0) is 0 Å². The molecule has 0 fully saturated rings. The highest BCUT2D eigenvalue weighted by Crippen LogP contribution is 2.23. The van der Waals surface area contributed by atoms with Crippen molar-refractivity contribution < 1.29 is 9.53 Å². The van der Waals surface area contributed by atoms with Gasteiger partial charge >= 0.3 is 0 Å². The molecule has 0 spiro atoms. The highest BCUT2D eigenvalue weighted by Gasteiger charge is 2.14. The fourth-order valence-electron chi connectivity index (χ4n) is 2.38. The first-order valence-corrected chi connectivity index (χ1v) is 7.30. The molecule has 2 heteroatoms.